The van der Waals surface area contributed by atoms with E-state index in [1.165, 1.54) is 0 Å². The van der Waals surface area contributed by atoms with Crippen LogP contribution in [-0.2, 0) is 16.1 Å². The lowest BCUT2D eigenvalue weighted by atomic mass is 9.93. The minimum atomic E-state index is -0.420. The molecule has 0 bridgehead atoms. The predicted octanol–water partition coefficient (Wildman–Crippen LogP) is 3.02. The van der Waals surface area contributed by atoms with Crippen LogP contribution >= 0.6 is 27.3 Å². The van der Waals surface area contributed by atoms with Gasteiger partial charge in [0.05, 0.1) is 6.54 Å². The Morgan fingerprint density at radius 1 is 1.29 bits per heavy atom. The van der Waals surface area contributed by atoms with Gasteiger partial charge in [0, 0.05) is 14.7 Å². The topological polar surface area (TPSA) is 49.4 Å². The zero-order valence-corrected chi connectivity index (χ0v) is 15.1. The van der Waals surface area contributed by atoms with E-state index >= 15 is 0 Å². The summed E-state index contributed by atoms with van der Waals surface area (Å²) in [6.07, 6.45) is 0. The minimum absolute atomic E-state index is 0.0211. The summed E-state index contributed by atoms with van der Waals surface area (Å²) in [4.78, 5) is 28.0. The second-order valence-corrected chi connectivity index (χ2v) is 8.03. The molecule has 2 rings (SSSR count). The van der Waals surface area contributed by atoms with Crippen LogP contribution in [0, 0.1) is 11.8 Å². The highest BCUT2D eigenvalue weighted by Crippen LogP contribution is 2.26. The van der Waals surface area contributed by atoms with Gasteiger partial charge in [0.1, 0.15) is 12.1 Å². The van der Waals surface area contributed by atoms with E-state index in [1.54, 1.807) is 16.2 Å². The van der Waals surface area contributed by atoms with E-state index in [1.807, 2.05) is 39.1 Å². The zero-order valence-electron chi connectivity index (χ0n) is 12.7. The molecule has 1 fully saturated rings. The van der Waals surface area contributed by atoms with Gasteiger partial charge in [0.2, 0.25) is 11.8 Å². The molecule has 2 atom stereocenters. The van der Waals surface area contributed by atoms with Crippen molar-refractivity contribution in [3.8, 4) is 0 Å². The third-order valence-electron chi connectivity index (χ3n) is 3.70. The average Bonchev–Trinajstić information content (AvgIpc) is 2.78. The molecule has 1 N–H and O–H groups in total. The number of nitrogens with zero attached hydrogens (tertiary/aromatic N) is 1. The molecule has 21 heavy (non-hydrogen) atoms. The van der Waals surface area contributed by atoms with Gasteiger partial charge in [-0.1, -0.05) is 27.7 Å². The highest BCUT2D eigenvalue weighted by molar-refractivity contribution is 9.10. The van der Waals surface area contributed by atoms with E-state index in [9.17, 15) is 9.59 Å². The average molecular weight is 373 g/mol. The molecule has 4 nitrogen and oxygen atoms in total. The summed E-state index contributed by atoms with van der Waals surface area (Å²) >= 11 is 5.03. The number of rotatable bonds is 4. The first kappa shape index (κ1) is 16.5. The molecular weight excluding hydrogens is 352 g/mol. The van der Waals surface area contributed by atoms with Crippen LogP contribution in [0.1, 0.15) is 32.6 Å². The van der Waals surface area contributed by atoms with Crippen LogP contribution in [0.15, 0.2) is 15.9 Å². The summed E-state index contributed by atoms with van der Waals surface area (Å²) in [6.45, 7) is 8.36. The number of carbonyl (C=O) groups excluding carboxylic acids is 2. The van der Waals surface area contributed by atoms with Gasteiger partial charge in [0.25, 0.3) is 0 Å². The molecule has 1 aromatic heterocycles. The van der Waals surface area contributed by atoms with Gasteiger partial charge < -0.3 is 10.2 Å². The molecular formula is C15H21BrN2O2S. The van der Waals surface area contributed by atoms with E-state index in [2.05, 4.69) is 21.2 Å². The lowest BCUT2D eigenvalue weighted by molar-refractivity contribution is -0.153. The Hall–Kier alpha value is -0.880. The van der Waals surface area contributed by atoms with Crippen molar-refractivity contribution < 1.29 is 9.59 Å². The molecule has 2 heterocycles. The van der Waals surface area contributed by atoms with Crippen LogP contribution in [-0.4, -0.2) is 28.8 Å². The van der Waals surface area contributed by atoms with Crippen molar-refractivity contribution in [2.45, 2.75) is 46.3 Å². The van der Waals surface area contributed by atoms with Crippen molar-refractivity contribution in [1.29, 1.82) is 0 Å². The monoisotopic (exact) mass is 372 g/mol. The first-order chi connectivity index (χ1) is 9.81. The fourth-order valence-corrected chi connectivity index (χ4v) is 4.10. The SMILES string of the molecule is CC(C)C1NC(=O)C(C(C)C)N(Cc2cc(Br)cs2)C1=O. The second kappa shape index (κ2) is 6.48. The van der Waals surface area contributed by atoms with E-state index in [0.29, 0.717) is 6.54 Å². The van der Waals surface area contributed by atoms with Crippen molar-refractivity contribution in [3.63, 3.8) is 0 Å². The molecule has 0 saturated carbocycles. The summed E-state index contributed by atoms with van der Waals surface area (Å²) in [5.74, 6) is 0.157. The molecule has 0 spiro atoms. The second-order valence-electron chi connectivity index (χ2n) is 6.12. The number of hydrogen-bond acceptors (Lipinski definition) is 3. The summed E-state index contributed by atoms with van der Waals surface area (Å²) < 4.78 is 1.01. The number of hydrogen-bond donors (Lipinski definition) is 1. The van der Waals surface area contributed by atoms with E-state index in [0.717, 1.165) is 9.35 Å². The van der Waals surface area contributed by atoms with E-state index in [-0.39, 0.29) is 23.7 Å². The van der Waals surface area contributed by atoms with Crippen molar-refractivity contribution >= 4 is 39.1 Å². The molecule has 2 amide bonds. The summed E-state index contributed by atoms with van der Waals surface area (Å²) in [5, 5.41) is 4.88. The lowest BCUT2D eigenvalue weighted by Crippen LogP contribution is -2.65. The molecule has 0 radical (unpaired) electrons. The Bertz CT molecular complexity index is 542. The van der Waals surface area contributed by atoms with E-state index < -0.39 is 12.1 Å². The van der Waals surface area contributed by atoms with Crippen molar-refractivity contribution in [2.24, 2.45) is 11.8 Å². The number of thiophene rings is 1. The molecule has 0 aromatic carbocycles. The molecule has 0 aliphatic carbocycles. The van der Waals surface area contributed by atoms with Crippen molar-refractivity contribution in [1.82, 2.24) is 10.2 Å². The zero-order chi connectivity index (χ0) is 15.7. The Balaban J connectivity index is 2.29. The van der Waals surface area contributed by atoms with Gasteiger partial charge in [-0.15, -0.1) is 11.3 Å². The van der Waals surface area contributed by atoms with Gasteiger partial charge in [-0.3, -0.25) is 9.59 Å². The number of carbonyl (C=O) groups is 2. The molecule has 1 aromatic rings. The van der Waals surface area contributed by atoms with Gasteiger partial charge in [0.15, 0.2) is 0 Å². The molecule has 6 heteroatoms. The third kappa shape index (κ3) is 3.48. The van der Waals surface area contributed by atoms with Crippen LogP contribution in [0.5, 0.6) is 0 Å². The van der Waals surface area contributed by atoms with Gasteiger partial charge in [-0.2, -0.15) is 0 Å². The molecule has 2 unspecified atom stereocenters. The molecule has 1 aliphatic rings. The fourth-order valence-electron chi connectivity index (χ4n) is 2.65. The third-order valence-corrected chi connectivity index (χ3v) is 5.38. The number of halogens is 1. The van der Waals surface area contributed by atoms with Crippen molar-refractivity contribution in [2.75, 3.05) is 0 Å². The lowest BCUT2D eigenvalue weighted by Gasteiger charge is -2.41. The maximum absolute atomic E-state index is 12.7. The first-order valence-electron chi connectivity index (χ1n) is 7.15. The number of amides is 2. The Labute approximate surface area is 138 Å². The highest BCUT2D eigenvalue weighted by atomic mass is 79.9. The molecule has 1 saturated heterocycles. The first-order valence-corrected chi connectivity index (χ1v) is 8.82. The van der Waals surface area contributed by atoms with Gasteiger partial charge in [-0.25, -0.2) is 0 Å². The van der Waals surface area contributed by atoms with Crippen LogP contribution in [0.25, 0.3) is 0 Å². The predicted molar refractivity (Wildman–Crippen MR) is 88.0 cm³/mol. The number of nitrogens with one attached hydrogen (secondary N) is 1. The molecule has 116 valence electrons. The number of piperazine rings is 1. The van der Waals surface area contributed by atoms with Crippen molar-refractivity contribution in [3.05, 3.63) is 20.8 Å². The van der Waals surface area contributed by atoms with Crippen LogP contribution in [0.4, 0.5) is 0 Å². The minimum Gasteiger partial charge on any atom is -0.342 e. The highest BCUT2D eigenvalue weighted by Gasteiger charge is 2.42. The Morgan fingerprint density at radius 3 is 2.43 bits per heavy atom. The van der Waals surface area contributed by atoms with Crippen LogP contribution in [0.3, 0.4) is 0 Å². The summed E-state index contributed by atoms with van der Waals surface area (Å²) in [7, 11) is 0. The Morgan fingerprint density at radius 2 is 1.95 bits per heavy atom. The fraction of sp³-hybridized carbons (Fsp3) is 0.600. The molecule has 1 aliphatic heterocycles. The summed E-state index contributed by atoms with van der Waals surface area (Å²) in [5.41, 5.74) is 0. The smallest absolute Gasteiger partial charge is 0.246 e. The van der Waals surface area contributed by atoms with Gasteiger partial charge >= 0.3 is 0 Å². The quantitative estimate of drug-likeness (QED) is 0.882. The van der Waals surface area contributed by atoms with Crippen LogP contribution < -0.4 is 5.32 Å². The largest absolute Gasteiger partial charge is 0.342 e. The van der Waals surface area contributed by atoms with E-state index in [4.69, 9.17) is 0 Å². The summed E-state index contributed by atoms with van der Waals surface area (Å²) in [6, 6.07) is 1.19. The standard InChI is InChI=1S/C15H21BrN2O2S/c1-8(2)12-15(20)18(6-11-5-10(16)7-21-11)13(9(3)4)14(19)17-12/h5,7-9,12-13H,6H2,1-4H3,(H,17,19). The normalized spacial score (nSPS) is 23.1. The van der Waals surface area contributed by atoms with Gasteiger partial charge in [-0.05, 0) is 33.8 Å². The van der Waals surface area contributed by atoms with Crippen LogP contribution in [0.2, 0.25) is 0 Å². The Kier molecular flexibility index (Phi) is 5.09. The maximum Gasteiger partial charge on any atom is 0.246 e. The maximum atomic E-state index is 12.7.